The third kappa shape index (κ3) is 4.70. The molecule has 4 rings (SSSR count). The number of ketones is 1. The van der Waals surface area contributed by atoms with Crippen LogP contribution in [0.3, 0.4) is 0 Å². The van der Waals surface area contributed by atoms with Crippen molar-refractivity contribution in [2.24, 2.45) is 11.7 Å². The lowest BCUT2D eigenvalue weighted by Gasteiger charge is -2.33. The van der Waals surface area contributed by atoms with E-state index in [9.17, 15) is 14.7 Å². The minimum absolute atomic E-state index is 0.0795. The second-order valence-electron chi connectivity index (χ2n) is 8.98. The number of ether oxygens (including phenoxy) is 2. The molecule has 7 nitrogen and oxygen atoms in total. The molecule has 0 amide bonds. The number of hydrogen-bond acceptors (Lipinski definition) is 6. The second-order valence-corrected chi connectivity index (χ2v) is 8.98. The molecule has 7 heteroatoms. The van der Waals surface area contributed by atoms with Crippen LogP contribution >= 0.6 is 0 Å². The highest BCUT2D eigenvalue weighted by Crippen LogP contribution is 2.36. The van der Waals surface area contributed by atoms with Crippen molar-refractivity contribution in [3.05, 3.63) is 95.2 Å². The molecule has 0 aliphatic heterocycles. The van der Waals surface area contributed by atoms with Crippen molar-refractivity contribution in [2.75, 3.05) is 6.61 Å². The molecule has 1 aromatic heterocycles. The molecule has 1 heterocycles. The maximum Gasteiger partial charge on any atom is 0.354 e. The van der Waals surface area contributed by atoms with Gasteiger partial charge in [0.25, 0.3) is 0 Å². The molecular formula is C29H30N2O5. The molecule has 36 heavy (non-hydrogen) atoms. The number of Topliss-reactive ketones (excluding diaryl/α,β-unsaturated/α-hetero) is 1. The summed E-state index contributed by atoms with van der Waals surface area (Å²) in [5, 5.41) is 10.8. The van der Waals surface area contributed by atoms with Crippen LogP contribution in [0.1, 0.15) is 52.7 Å². The fourth-order valence-corrected chi connectivity index (χ4v) is 4.24. The van der Waals surface area contributed by atoms with Crippen LogP contribution < -0.4 is 10.5 Å². The quantitative estimate of drug-likeness (QED) is 0.218. The van der Waals surface area contributed by atoms with Gasteiger partial charge in [0.2, 0.25) is 0 Å². The number of phenolic OH excluding ortho intramolecular Hbond substituents is 1. The van der Waals surface area contributed by atoms with Gasteiger partial charge >= 0.3 is 5.97 Å². The molecule has 0 saturated heterocycles. The first-order valence-electron chi connectivity index (χ1n) is 11.9. The number of H-pyrrole nitrogens is 1. The van der Waals surface area contributed by atoms with Gasteiger partial charge in [-0.25, -0.2) is 4.79 Å². The molecule has 0 radical (unpaired) electrons. The Morgan fingerprint density at radius 1 is 1.03 bits per heavy atom. The molecule has 0 aliphatic rings. The van der Waals surface area contributed by atoms with E-state index in [-0.39, 0.29) is 35.3 Å². The zero-order valence-electron chi connectivity index (χ0n) is 20.6. The molecule has 4 N–H and O–H groups in total. The molecule has 0 bridgehead atoms. The summed E-state index contributed by atoms with van der Waals surface area (Å²) in [5.41, 5.74) is 7.90. The van der Waals surface area contributed by atoms with Crippen LogP contribution in [-0.4, -0.2) is 28.4 Å². The normalized spacial score (nSPS) is 12.9. The largest absolute Gasteiger partial charge is 0.506 e. The third-order valence-corrected chi connectivity index (χ3v) is 6.38. The van der Waals surface area contributed by atoms with E-state index in [0.29, 0.717) is 28.9 Å². The highest BCUT2D eigenvalue weighted by Gasteiger charge is 2.40. The number of phenols is 1. The number of carbonyl (C=O) groups is 2. The van der Waals surface area contributed by atoms with E-state index < -0.39 is 11.5 Å². The first kappa shape index (κ1) is 25.0. The van der Waals surface area contributed by atoms with E-state index in [1.165, 1.54) is 18.2 Å². The zero-order chi connectivity index (χ0) is 25.9. The highest BCUT2D eigenvalue weighted by atomic mass is 16.5. The lowest BCUT2D eigenvalue weighted by atomic mass is 9.75. The number of fused-ring (bicyclic) bond motifs is 1. The predicted octanol–water partition coefficient (Wildman–Crippen LogP) is 5.32. The standard InChI is InChI=1S/C29H30N2O5/c1-4-35-28(34)24-16-23-22(14-15-25(32)26(23)31-24)27(33)29(30,18(2)3)20-10-12-21(13-11-20)36-17-19-8-6-5-7-9-19/h5-16,18,31-32H,4,17,30H2,1-3H3. The van der Waals surface area contributed by atoms with E-state index in [0.717, 1.165) is 5.56 Å². The SMILES string of the molecule is CCOC(=O)c1cc2c(C(=O)C(N)(c3ccc(OCc4ccccc4)cc3)C(C)C)ccc(O)c2[nH]1. The summed E-state index contributed by atoms with van der Waals surface area (Å²) >= 11 is 0. The Morgan fingerprint density at radius 2 is 1.72 bits per heavy atom. The van der Waals surface area contributed by atoms with Crippen LogP contribution in [0.2, 0.25) is 0 Å². The number of aromatic nitrogens is 1. The Labute approximate surface area is 209 Å². The maximum atomic E-state index is 14.0. The van der Waals surface area contributed by atoms with Gasteiger partial charge < -0.3 is 25.3 Å². The Bertz CT molecular complexity index is 1380. The van der Waals surface area contributed by atoms with Gasteiger partial charge in [-0.2, -0.15) is 0 Å². The smallest absolute Gasteiger partial charge is 0.354 e. The van der Waals surface area contributed by atoms with E-state index >= 15 is 0 Å². The van der Waals surface area contributed by atoms with Gasteiger partial charge in [-0.1, -0.05) is 56.3 Å². The van der Waals surface area contributed by atoms with Crippen LogP contribution in [0.15, 0.2) is 72.8 Å². The number of nitrogens with two attached hydrogens (primary N) is 1. The van der Waals surface area contributed by atoms with Crippen molar-refractivity contribution in [2.45, 2.75) is 32.9 Å². The predicted molar refractivity (Wildman–Crippen MR) is 138 cm³/mol. The number of carbonyl (C=O) groups excluding carboxylic acids is 2. The van der Waals surface area contributed by atoms with Gasteiger partial charge in [-0.3, -0.25) is 4.79 Å². The van der Waals surface area contributed by atoms with Crippen LogP contribution in [0.5, 0.6) is 11.5 Å². The van der Waals surface area contributed by atoms with E-state index in [1.54, 1.807) is 31.2 Å². The summed E-state index contributed by atoms with van der Waals surface area (Å²) in [4.78, 5) is 29.1. The number of aromatic amines is 1. The van der Waals surface area contributed by atoms with Crippen molar-refractivity contribution < 1.29 is 24.2 Å². The van der Waals surface area contributed by atoms with Gasteiger partial charge in [-0.05, 0) is 54.3 Å². The summed E-state index contributed by atoms with van der Waals surface area (Å²) < 4.78 is 10.9. The average Bonchev–Trinajstić information content (AvgIpc) is 3.34. The average molecular weight is 487 g/mol. The lowest BCUT2D eigenvalue weighted by molar-refractivity contribution is 0.0520. The molecule has 0 saturated carbocycles. The Balaban J connectivity index is 1.67. The first-order valence-corrected chi connectivity index (χ1v) is 11.9. The molecule has 0 aliphatic carbocycles. The summed E-state index contributed by atoms with van der Waals surface area (Å²) in [6.07, 6.45) is 0. The second kappa shape index (κ2) is 10.3. The fraction of sp³-hybridized carbons (Fsp3) is 0.241. The number of benzene rings is 3. The minimum atomic E-state index is -1.36. The van der Waals surface area contributed by atoms with Gasteiger partial charge in [0.1, 0.15) is 29.3 Å². The van der Waals surface area contributed by atoms with Crippen LogP contribution in [0, 0.1) is 5.92 Å². The Hall–Kier alpha value is -4.10. The van der Waals surface area contributed by atoms with E-state index in [4.69, 9.17) is 15.2 Å². The minimum Gasteiger partial charge on any atom is -0.506 e. The van der Waals surface area contributed by atoms with Gasteiger partial charge in [0.15, 0.2) is 5.78 Å². The number of rotatable bonds is 9. The molecule has 4 aromatic rings. The molecule has 186 valence electrons. The number of hydrogen-bond donors (Lipinski definition) is 3. The van der Waals surface area contributed by atoms with Crippen molar-refractivity contribution in [1.82, 2.24) is 4.98 Å². The molecule has 3 aromatic carbocycles. The van der Waals surface area contributed by atoms with Crippen molar-refractivity contribution in [1.29, 1.82) is 0 Å². The molecule has 1 atom stereocenters. The zero-order valence-corrected chi connectivity index (χ0v) is 20.6. The Morgan fingerprint density at radius 3 is 2.36 bits per heavy atom. The highest BCUT2D eigenvalue weighted by molar-refractivity contribution is 6.14. The van der Waals surface area contributed by atoms with Crippen LogP contribution in [-0.2, 0) is 16.9 Å². The van der Waals surface area contributed by atoms with Crippen molar-refractivity contribution >= 4 is 22.7 Å². The number of esters is 1. The molecule has 0 fully saturated rings. The summed E-state index contributed by atoms with van der Waals surface area (Å²) in [6, 6.07) is 21.5. The topological polar surface area (TPSA) is 115 Å². The monoisotopic (exact) mass is 486 g/mol. The lowest BCUT2D eigenvalue weighted by Crippen LogP contribution is -2.49. The van der Waals surface area contributed by atoms with Crippen LogP contribution in [0.4, 0.5) is 0 Å². The number of nitrogens with one attached hydrogen (secondary N) is 1. The Kier molecular flexibility index (Phi) is 7.12. The summed E-state index contributed by atoms with van der Waals surface area (Å²) in [6.45, 7) is 6.11. The van der Waals surface area contributed by atoms with Gasteiger partial charge in [0.05, 0.1) is 12.1 Å². The van der Waals surface area contributed by atoms with Crippen LogP contribution in [0.25, 0.3) is 10.9 Å². The summed E-state index contributed by atoms with van der Waals surface area (Å²) in [5.74, 6) is -0.564. The first-order chi connectivity index (χ1) is 17.3. The van der Waals surface area contributed by atoms with Gasteiger partial charge in [0, 0.05) is 10.9 Å². The van der Waals surface area contributed by atoms with E-state index in [2.05, 4.69) is 4.98 Å². The van der Waals surface area contributed by atoms with E-state index in [1.807, 2.05) is 44.2 Å². The third-order valence-electron chi connectivity index (χ3n) is 6.38. The molecular weight excluding hydrogens is 456 g/mol. The fourth-order valence-electron chi connectivity index (χ4n) is 4.24. The summed E-state index contributed by atoms with van der Waals surface area (Å²) in [7, 11) is 0. The molecule has 0 spiro atoms. The van der Waals surface area contributed by atoms with Crippen molar-refractivity contribution in [3.63, 3.8) is 0 Å². The maximum absolute atomic E-state index is 14.0. The molecule has 1 unspecified atom stereocenters. The number of aromatic hydroxyl groups is 1. The van der Waals surface area contributed by atoms with Crippen molar-refractivity contribution in [3.8, 4) is 11.5 Å². The van der Waals surface area contributed by atoms with Gasteiger partial charge in [-0.15, -0.1) is 0 Å².